The van der Waals surface area contributed by atoms with E-state index >= 15 is 0 Å². The molecule has 0 saturated carbocycles. The van der Waals surface area contributed by atoms with Crippen molar-refractivity contribution in [1.29, 1.82) is 0 Å². The monoisotopic (exact) mass is 299 g/mol. The van der Waals surface area contributed by atoms with Gasteiger partial charge >= 0.3 is 0 Å². The highest BCUT2D eigenvalue weighted by atomic mass is 16.5. The molecule has 0 heterocycles. The summed E-state index contributed by atoms with van der Waals surface area (Å²) in [5, 5.41) is 12.8. The topological polar surface area (TPSA) is 58.6 Å². The van der Waals surface area contributed by atoms with Crippen LogP contribution in [0.15, 0.2) is 54.6 Å². The van der Waals surface area contributed by atoms with Crippen LogP contribution in [0.3, 0.4) is 0 Å². The van der Waals surface area contributed by atoms with E-state index in [0.29, 0.717) is 12.8 Å². The lowest BCUT2D eigenvalue weighted by Crippen LogP contribution is -2.28. The van der Waals surface area contributed by atoms with Gasteiger partial charge in [0.2, 0.25) is 5.91 Å². The second kappa shape index (κ2) is 8.20. The van der Waals surface area contributed by atoms with Crippen LogP contribution in [0.4, 0.5) is 0 Å². The van der Waals surface area contributed by atoms with Crippen molar-refractivity contribution in [3.05, 3.63) is 65.7 Å². The fourth-order valence-corrected chi connectivity index (χ4v) is 2.15. The Bertz CT molecular complexity index is 581. The Morgan fingerprint density at radius 1 is 1.14 bits per heavy atom. The fourth-order valence-electron chi connectivity index (χ4n) is 2.15. The van der Waals surface area contributed by atoms with Crippen molar-refractivity contribution in [1.82, 2.24) is 5.32 Å². The average molecular weight is 299 g/mol. The molecular formula is C18H21NO3. The fraction of sp³-hybridized carbons (Fsp3) is 0.278. The highest BCUT2D eigenvalue weighted by Crippen LogP contribution is 2.17. The summed E-state index contributed by atoms with van der Waals surface area (Å²) in [7, 11) is 1.60. The number of hydrogen-bond acceptors (Lipinski definition) is 3. The van der Waals surface area contributed by atoms with E-state index < -0.39 is 6.10 Å². The first kappa shape index (κ1) is 16.0. The third kappa shape index (κ3) is 4.90. The van der Waals surface area contributed by atoms with E-state index in [0.717, 1.165) is 16.9 Å². The zero-order chi connectivity index (χ0) is 15.8. The molecular weight excluding hydrogens is 278 g/mol. The van der Waals surface area contributed by atoms with Crippen LogP contribution in [-0.4, -0.2) is 24.7 Å². The van der Waals surface area contributed by atoms with Gasteiger partial charge in [0, 0.05) is 13.0 Å². The van der Waals surface area contributed by atoms with E-state index in [9.17, 15) is 9.90 Å². The number of rotatable bonds is 7. The van der Waals surface area contributed by atoms with Crippen LogP contribution in [0, 0.1) is 0 Å². The summed E-state index contributed by atoms with van der Waals surface area (Å²) >= 11 is 0. The number of carbonyl (C=O) groups is 1. The van der Waals surface area contributed by atoms with Crippen molar-refractivity contribution in [2.24, 2.45) is 0 Å². The molecule has 2 aromatic rings. The zero-order valence-corrected chi connectivity index (χ0v) is 12.7. The van der Waals surface area contributed by atoms with E-state index in [2.05, 4.69) is 5.32 Å². The summed E-state index contributed by atoms with van der Waals surface area (Å²) in [5.41, 5.74) is 1.89. The number of hydrogen-bond donors (Lipinski definition) is 2. The van der Waals surface area contributed by atoms with Gasteiger partial charge in [-0.05, 0) is 29.7 Å². The molecule has 0 aromatic heterocycles. The van der Waals surface area contributed by atoms with Gasteiger partial charge in [-0.15, -0.1) is 0 Å². The molecule has 0 saturated heterocycles. The minimum Gasteiger partial charge on any atom is -0.497 e. The second-order valence-corrected chi connectivity index (χ2v) is 5.08. The number of benzene rings is 2. The van der Waals surface area contributed by atoms with Crippen LogP contribution >= 0.6 is 0 Å². The first-order valence-corrected chi connectivity index (χ1v) is 7.31. The van der Waals surface area contributed by atoms with Gasteiger partial charge in [-0.25, -0.2) is 0 Å². The van der Waals surface area contributed by atoms with Crippen molar-refractivity contribution in [3.63, 3.8) is 0 Å². The largest absolute Gasteiger partial charge is 0.497 e. The number of ether oxygens (including phenoxy) is 1. The molecule has 0 spiro atoms. The summed E-state index contributed by atoms with van der Waals surface area (Å²) in [5.74, 6) is 0.680. The predicted octanol–water partition coefficient (Wildman–Crippen LogP) is 2.48. The summed E-state index contributed by atoms with van der Waals surface area (Å²) in [4.78, 5) is 11.8. The molecule has 2 aromatic carbocycles. The molecule has 1 atom stereocenters. The van der Waals surface area contributed by atoms with Gasteiger partial charge < -0.3 is 15.2 Å². The van der Waals surface area contributed by atoms with Crippen LogP contribution < -0.4 is 10.1 Å². The highest BCUT2D eigenvalue weighted by molar-refractivity contribution is 5.76. The molecule has 0 aliphatic heterocycles. The molecule has 0 bridgehead atoms. The summed E-state index contributed by atoms with van der Waals surface area (Å²) in [6, 6.07) is 17.0. The molecule has 1 unspecified atom stereocenters. The van der Waals surface area contributed by atoms with Gasteiger partial charge in [-0.2, -0.15) is 0 Å². The minimum atomic E-state index is -0.716. The summed E-state index contributed by atoms with van der Waals surface area (Å²) < 4.78 is 5.07. The maximum atomic E-state index is 11.8. The highest BCUT2D eigenvalue weighted by Gasteiger charge is 2.09. The van der Waals surface area contributed by atoms with E-state index in [1.54, 1.807) is 31.4 Å². The normalized spacial score (nSPS) is 11.7. The van der Waals surface area contributed by atoms with Gasteiger partial charge in [-0.3, -0.25) is 4.79 Å². The van der Waals surface area contributed by atoms with Gasteiger partial charge in [0.25, 0.3) is 0 Å². The lowest BCUT2D eigenvalue weighted by atomic mass is 10.1. The Morgan fingerprint density at radius 2 is 1.82 bits per heavy atom. The molecule has 2 rings (SSSR count). The summed E-state index contributed by atoms with van der Waals surface area (Å²) in [6.45, 7) is 0.208. The van der Waals surface area contributed by atoms with Crippen LogP contribution in [0.25, 0.3) is 0 Å². The first-order chi connectivity index (χ1) is 10.7. The van der Waals surface area contributed by atoms with Crippen LogP contribution in [-0.2, 0) is 11.2 Å². The van der Waals surface area contributed by atoms with E-state index in [-0.39, 0.29) is 12.5 Å². The quantitative estimate of drug-likeness (QED) is 0.826. The lowest BCUT2D eigenvalue weighted by Gasteiger charge is -2.13. The molecule has 0 fully saturated rings. The van der Waals surface area contributed by atoms with E-state index in [1.807, 2.05) is 30.3 Å². The molecule has 0 aliphatic rings. The minimum absolute atomic E-state index is 0.0589. The maximum absolute atomic E-state index is 11.8. The van der Waals surface area contributed by atoms with Crippen LogP contribution in [0.5, 0.6) is 5.75 Å². The van der Waals surface area contributed by atoms with Crippen molar-refractivity contribution >= 4 is 5.91 Å². The first-order valence-electron chi connectivity index (χ1n) is 7.31. The number of amides is 1. The number of aryl methyl sites for hydroxylation is 1. The Balaban J connectivity index is 1.75. The number of nitrogens with one attached hydrogen (secondary N) is 1. The number of carbonyl (C=O) groups excluding carboxylic acids is 1. The SMILES string of the molecule is COc1ccc(C(O)CNC(=O)CCc2ccccc2)cc1. The zero-order valence-electron chi connectivity index (χ0n) is 12.7. The van der Waals surface area contributed by atoms with Gasteiger partial charge in [0.15, 0.2) is 0 Å². The third-order valence-corrected chi connectivity index (χ3v) is 3.48. The van der Waals surface area contributed by atoms with Gasteiger partial charge in [-0.1, -0.05) is 42.5 Å². The van der Waals surface area contributed by atoms with Crippen LogP contribution in [0.2, 0.25) is 0 Å². The van der Waals surface area contributed by atoms with Crippen molar-refractivity contribution in [2.45, 2.75) is 18.9 Å². The second-order valence-electron chi connectivity index (χ2n) is 5.08. The molecule has 1 amide bonds. The standard InChI is InChI=1S/C18H21NO3/c1-22-16-10-8-15(9-11-16)17(20)13-19-18(21)12-7-14-5-3-2-4-6-14/h2-6,8-11,17,20H,7,12-13H2,1H3,(H,19,21). The predicted molar refractivity (Wildman–Crippen MR) is 85.7 cm³/mol. The molecule has 0 aliphatic carbocycles. The number of aliphatic hydroxyl groups excluding tert-OH is 1. The Kier molecular flexibility index (Phi) is 5.98. The van der Waals surface area contributed by atoms with Crippen molar-refractivity contribution < 1.29 is 14.6 Å². The van der Waals surface area contributed by atoms with Crippen LogP contribution in [0.1, 0.15) is 23.7 Å². The smallest absolute Gasteiger partial charge is 0.220 e. The molecule has 0 radical (unpaired) electrons. The van der Waals surface area contributed by atoms with Gasteiger partial charge in [0.05, 0.1) is 13.2 Å². The lowest BCUT2D eigenvalue weighted by molar-refractivity contribution is -0.121. The maximum Gasteiger partial charge on any atom is 0.220 e. The van der Waals surface area contributed by atoms with Crippen molar-refractivity contribution in [2.75, 3.05) is 13.7 Å². The average Bonchev–Trinajstić information content (AvgIpc) is 2.58. The van der Waals surface area contributed by atoms with Crippen molar-refractivity contribution in [3.8, 4) is 5.75 Å². The van der Waals surface area contributed by atoms with E-state index in [1.165, 1.54) is 0 Å². The molecule has 2 N–H and O–H groups in total. The number of aliphatic hydroxyl groups is 1. The summed E-state index contributed by atoms with van der Waals surface area (Å²) in [6.07, 6.45) is 0.400. The Morgan fingerprint density at radius 3 is 2.45 bits per heavy atom. The third-order valence-electron chi connectivity index (χ3n) is 3.48. The van der Waals surface area contributed by atoms with Gasteiger partial charge in [0.1, 0.15) is 5.75 Å². The Labute approximate surface area is 130 Å². The Hall–Kier alpha value is -2.33. The number of methoxy groups -OCH3 is 1. The molecule has 4 heteroatoms. The molecule has 4 nitrogen and oxygen atoms in total. The molecule has 116 valence electrons. The molecule has 22 heavy (non-hydrogen) atoms. The van der Waals surface area contributed by atoms with E-state index in [4.69, 9.17) is 4.74 Å².